The molecule has 3 aromatic rings. The number of nitrogens with zero attached hydrogens (tertiary/aromatic N) is 2. The second-order valence-corrected chi connectivity index (χ2v) is 21.5. The fourth-order valence-electron chi connectivity index (χ4n) is 9.64. The van der Waals surface area contributed by atoms with Crippen molar-refractivity contribution >= 4 is 59.2 Å². The number of nitrogens with two attached hydrogens (primary N) is 4. The first-order valence-corrected chi connectivity index (χ1v) is 28.7. The van der Waals surface area contributed by atoms with E-state index < -0.39 is 120 Å². The minimum absolute atomic E-state index is 0.0129. The lowest BCUT2D eigenvalue weighted by Gasteiger charge is -2.29. The van der Waals surface area contributed by atoms with Crippen LogP contribution in [0.25, 0.3) is 0 Å². The number of likely N-dealkylation sites (tertiary alicyclic amines) is 1. The number of H-pyrrole nitrogens is 1. The van der Waals surface area contributed by atoms with Gasteiger partial charge in [-0.05, 0) is 132 Å². The molecule has 0 aliphatic carbocycles. The maximum atomic E-state index is 14.5. The summed E-state index contributed by atoms with van der Waals surface area (Å²) < 4.78 is 0. The molecule has 462 valence electrons. The Bertz CT molecular complexity index is 2610. The number of benzene rings is 2. The third-order valence-corrected chi connectivity index (χ3v) is 14.1. The second kappa shape index (κ2) is 35.9. The number of amides is 8. The Morgan fingerprint density at radius 1 is 0.595 bits per heavy atom. The molecule has 1 aliphatic heterocycles. The van der Waals surface area contributed by atoms with Gasteiger partial charge in [0.2, 0.25) is 47.3 Å². The normalized spacial score (nSPS) is 15.9. The van der Waals surface area contributed by atoms with Gasteiger partial charge in [0, 0.05) is 31.3 Å². The average molecular weight is 1180 g/mol. The van der Waals surface area contributed by atoms with Crippen molar-refractivity contribution in [2.24, 2.45) is 28.9 Å². The number of carboxylic acid groups (broad SMARTS) is 2. The van der Waals surface area contributed by atoms with Gasteiger partial charge in [-0.15, -0.1) is 0 Å². The molecule has 19 N–H and O–H groups in total. The van der Waals surface area contributed by atoms with E-state index in [9.17, 15) is 63.3 Å². The standard InChI is InChI=1S/C57H86N14O13/c1-34(2)27-43(52(78)70-46(57(83)84)29-36-19-21-38(72)22-20-36)67-50(76)42(17-8-11-25-60)65-53(79)44(30-37-32-62-33-63-37)68-51(77)41(16-7-10-24-59)64-49(75)40(15-6-9-23-58)66-54(80)45(31-48(73)74)69-55(81)47-18-12-26-71(47)56(82)39(61)28-35-13-4-3-5-14-35/h3-5,13-14,19-22,32-34,39-47,72H,6-12,15-18,23-31,58-61H2,1-2H3,(H,62,63)(H,64,75)(H,65,79)(H,66,80)(H,67,76)(H,68,77)(H,69,81)(H,70,78)(H,73,74)(H,83,84)/t39-,40-,41-,42-,43-,44-,45-,46-,47-/m0/s1. The Hall–Kier alpha value is -8.01. The molecule has 0 radical (unpaired) electrons. The Labute approximate surface area is 488 Å². The quantitative estimate of drug-likeness (QED) is 0.0301. The highest BCUT2D eigenvalue weighted by Crippen LogP contribution is 2.21. The zero-order chi connectivity index (χ0) is 61.7. The Kier molecular flexibility index (Phi) is 29.2. The molecule has 1 saturated heterocycles. The van der Waals surface area contributed by atoms with Crippen LogP contribution >= 0.6 is 0 Å². The fourth-order valence-corrected chi connectivity index (χ4v) is 9.64. The number of aromatic nitrogens is 2. The fraction of sp³-hybridized carbons (Fsp3) is 0.561. The highest BCUT2D eigenvalue weighted by molar-refractivity contribution is 5.99. The summed E-state index contributed by atoms with van der Waals surface area (Å²) in [6.45, 7) is 4.49. The number of phenols is 1. The molecule has 9 atom stereocenters. The van der Waals surface area contributed by atoms with Gasteiger partial charge in [-0.2, -0.15) is 0 Å². The summed E-state index contributed by atoms with van der Waals surface area (Å²) in [5, 5.41) is 48.0. The molecule has 0 saturated carbocycles. The number of carbonyl (C=O) groups excluding carboxylic acids is 8. The molecule has 1 aliphatic rings. The number of aromatic amines is 1. The Balaban J connectivity index is 1.55. The second-order valence-electron chi connectivity index (χ2n) is 21.5. The summed E-state index contributed by atoms with van der Waals surface area (Å²) >= 11 is 0. The van der Waals surface area contributed by atoms with E-state index in [-0.39, 0.29) is 95.6 Å². The number of hydrogen-bond acceptors (Lipinski definition) is 16. The molecule has 0 spiro atoms. The third kappa shape index (κ3) is 23.3. The van der Waals surface area contributed by atoms with Crippen molar-refractivity contribution in [2.45, 2.75) is 171 Å². The van der Waals surface area contributed by atoms with Crippen molar-refractivity contribution in [2.75, 3.05) is 26.2 Å². The molecule has 0 unspecified atom stereocenters. The molecular weight excluding hydrogens is 1090 g/mol. The van der Waals surface area contributed by atoms with E-state index in [1.54, 1.807) is 26.0 Å². The summed E-state index contributed by atoms with van der Waals surface area (Å²) in [4.78, 5) is 146. The van der Waals surface area contributed by atoms with E-state index in [0.29, 0.717) is 49.8 Å². The number of carbonyl (C=O) groups is 10. The van der Waals surface area contributed by atoms with Gasteiger partial charge in [-0.3, -0.25) is 43.2 Å². The monoisotopic (exact) mass is 1170 g/mol. The van der Waals surface area contributed by atoms with Gasteiger partial charge in [-0.1, -0.05) is 56.3 Å². The van der Waals surface area contributed by atoms with Crippen LogP contribution in [0.15, 0.2) is 67.1 Å². The number of rotatable bonds is 38. The summed E-state index contributed by atoms with van der Waals surface area (Å²) in [6.07, 6.45) is 4.65. The van der Waals surface area contributed by atoms with Gasteiger partial charge in [0.25, 0.3) is 0 Å². The molecule has 84 heavy (non-hydrogen) atoms. The Morgan fingerprint density at radius 3 is 1.56 bits per heavy atom. The Morgan fingerprint density at radius 2 is 1.07 bits per heavy atom. The van der Waals surface area contributed by atoms with Crippen LogP contribution in [0.3, 0.4) is 0 Å². The lowest BCUT2D eigenvalue weighted by Crippen LogP contribution is -2.60. The number of hydrogen-bond donors (Lipinski definition) is 15. The predicted molar refractivity (Wildman–Crippen MR) is 309 cm³/mol. The van der Waals surface area contributed by atoms with Crippen LogP contribution in [0.1, 0.15) is 114 Å². The van der Waals surface area contributed by atoms with E-state index in [2.05, 4.69) is 47.2 Å². The number of imidazole rings is 1. The van der Waals surface area contributed by atoms with Crippen LogP contribution in [0, 0.1) is 5.92 Å². The first-order chi connectivity index (χ1) is 40.1. The molecule has 0 bridgehead atoms. The lowest BCUT2D eigenvalue weighted by atomic mass is 10.00. The molecule has 1 fully saturated rings. The van der Waals surface area contributed by atoms with E-state index in [4.69, 9.17) is 22.9 Å². The van der Waals surface area contributed by atoms with Gasteiger partial charge in [-0.25, -0.2) is 9.78 Å². The van der Waals surface area contributed by atoms with Crippen molar-refractivity contribution in [1.82, 2.24) is 52.1 Å². The van der Waals surface area contributed by atoms with Crippen LogP contribution in [0.2, 0.25) is 0 Å². The molecule has 8 amide bonds. The van der Waals surface area contributed by atoms with Crippen LogP contribution < -0.4 is 60.2 Å². The van der Waals surface area contributed by atoms with Gasteiger partial charge in [0.15, 0.2) is 0 Å². The van der Waals surface area contributed by atoms with Crippen molar-refractivity contribution in [3.63, 3.8) is 0 Å². The highest BCUT2D eigenvalue weighted by atomic mass is 16.4. The number of unbranched alkanes of at least 4 members (excludes halogenated alkanes) is 3. The van der Waals surface area contributed by atoms with E-state index in [0.717, 1.165) is 5.56 Å². The molecule has 27 heteroatoms. The summed E-state index contributed by atoms with van der Waals surface area (Å²) in [5.41, 5.74) is 25.4. The lowest BCUT2D eigenvalue weighted by molar-refractivity contribution is -0.143. The van der Waals surface area contributed by atoms with Crippen LogP contribution in [0.5, 0.6) is 5.75 Å². The van der Waals surface area contributed by atoms with Crippen LogP contribution in [0.4, 0.5) is 0 Å². The number of carboxylic acids is 2. The maximum absolute atomic E-state index is 14.5. The third-order valence-electron chi connectivity index (χ3n) is 14.1. The first kappa shape index (κ1) is 68.5. The van der Waals surface area contributed by atoms with E-state index >= 15 is 0 Å². The van der Waals surface area contributed by atoms with Crippen molar-refractivity contribution in [3.8, 4) is 5.75 Å². The minimum atomic E-state index is -1.72. The molecule has 27 nitrogen and oxygen atoms in total. The van der Waals surface area contributed by atoms with Crippen molar-refractivity contribution in [1.29, 1.82) is 0 Å². The number of aliphatic carboxylic acids is 2. The van der Waals surface area contributed by atoms with Gasteiger partial charge >= 0.3 is 11.9 Å². The molecule has 4 rings (SSSR count). The van der Waals surface area contributed by atoms with Crippen LogP contribution in [-0.2, 0) is 67.2 Å². The van der Waals surface area contributed by atoms with Gasteiger partial charge < -0.3 is 85.4 Å². The first-order valence-electron chi connectivity index (χ1n) is 28.7. The van der Waals surface area contributed by atoms with Gasteiger partial charge in [0.05, 0.1) is 18.8 Å². The highest BCUT2D eigenvalue weighted by Gasteiger charge is 2.39. The SMILES string of the molecule is CC(C)C[C@H](NC(=O)[C@H](CCCCN)NC(=O)[C@H](Cc1cnc[nH]1)NC(=O)[C@H](CCCCN)NC(=O)[C@H](CCCCN)NC(=O)[C@H](CC(=O)O)NC(=O)[C@@H]1CCCN1C(=O)[C@@H](N)Cc1ccccc1)C(=O)N[C@@H](Cc1ccc(O)cc1)C(=O)O. The van der Waals surface area contributed by atoms with Crippen molar-refractivity contribution < 1.29 is 63.3 Å². The summed E-state index contributed by atoms with van der Waals surface area (Å²) in [6, 6.07) is 2.89. The van der Waals surface area contributed by atoms with Crippen molar-refractivity contribution in [3.05, 3.63) is 83.9 Å². The zero-order valence-electron chi connectivity index (χ0n) is 47.9. The summed E-state index contributed by atoms with van der Waals surface area (Å²) in [5.74, 6) is -9.47. The molecule has 2 heterocycles. The van der Waals surface area contributed by atoms with Gasteiger partial charge in [0.1, 0.15) is 54.1 Å². The minimum Gasteiger partial charge on any atom is -0.508 e. The van der Waals surface area contributed by atoms with E-state index in [1.165, 1.54) is 41.7 Å². The number of aromatic hydroxyl groups is 1. The van der Waals surface area contributed by atoms with Crippen LogP contribution in [-0.4, -0.2) is 170 Å². The molecule has 1 aromatic heterocycles. The maximum Gasteiger partial charge on any atom is 0.326 e. The molecule has 2 aromatic carbocycles. The summed E-state index contributed by atoms with van der Waals surface area (Å²) in [7, 11) is 0. The van der Waals surface area contributed by atoms with E-state index in [1.807, 2.05) is 18.2 Å². The molecular formula is C57H86N14O13. The zero-order valence-corrected chi connectivity index (χ0v) is 47.9. The predicted octanol–water partition coefficient (Wildman–Crippen LogP) is -1.15. The topological polar surface area (TPSA) is 452 Å². The average Bonchev–Trinajstić information content (AvgIpc) is 4.35. The smallest absolute Gasteiger partial charge is 0.326 e. The number of nitrogens with one attached hydrogen (secondary N) is 8. The number of phenolic OH excluding ortho intramolecular Hbond substituents is 1. The largest absolute Gasteiger partial charge is 0.508 e.